The molecule has 0 fully saturated rings. The maximum atomic E-state index is 4.17. The minimum atomic E-state index is 1.03. The fraction of sp³-hybridized carbons (Fsp3) is 0. The van der Waals surface area contributed by atoms with Crippen molar-refractivity contribution in [2.45, 2.75) is 0 Å². The van der Waals surface area contributed by atoms with Gasteiger partial charge < -0.3 is 0 Å². The Kier molecular flexibility index (Phi) is 2.66. The van der Waals surface area contributed by atoms with Gasteiger partial charge in [0, 0.05) is 12.4 Å². The third-order valence-corrected chi connectivity index (χ3v) is 3.13. The van der Waals surface area contributed by atoms with E-state index < -0.39 is 0 Å². The van der Waals surface area contributed by atoms with Crippen LogP contribution < -0.4 is 0 Å². The van der Waals surface area contributed by atoms with Gasteiger partial charge in [-0.25, -0.2) is 0 Å². The molecule has 0 N–H and O–H groups in total. The lowest BCUT2D eigenvalue weighted by Crippen LogP contribution is -1.86. The second kappa shape index (κ2) is 4.46. The largest absolute Gasteiger partial charge is 0.265 e. The predicted molar refractivity (Wildman–Crippen MR) is 76.3 cm³/mol. The molecule has 0 amide bonds. The molecule has 0 bridgehead atoms. The first-order valence-corrected chi connectivity index (χ1v) is 5.93. The summed E-state index contributed by atoms with van der Waals surface area (Å²) in [6, 6.07) is 18.8. The highest BCUT2D eigenvalue weighted by atomic mass is 14.6. The summed E-state index contributed by atoms with van der Waals surface area (Å²) in [5.74, 6) is 0. The molecule has 86 valence electrons. The summed E-state index contributed by atoms with van der Waals surface area (Å²) in [7, 11) is 0. The SMILES string of the molecule is C=C(c1ccncc1)c1ccc2ccccc2c1. The van der Waals surface area contributed by atoms with E-state index in [4.69, 9.17) is 0 Å². The van der Waals surface area contributed by atoms with Crippen molar-refractivity contribution >= 4 is 16.3 Å². The summed E-state index contributed by atoms with van der Waals surface area (Å²) in [4.78, 5) is 4.03. The van der Waals surface area contributed by atoms with E-state index in [9.17, 15) is 0 Å². The van der Waals surface area contributed by atoms with Gasteiger partial charge in [-0.2, -0.15) is 0 Å². The lowest BCUT2D eigenvalue weighted by atomic mass is 9.98. The highest BCUT2D eigenvalue weighted by molar-refractivity contribution is 5.88. The monoisotopic (exact) mass is 231 g/mol. The molecule has 0 radical (unpaired) electrons. The molecule has 0 atom stereocenters. The van der Waals surface area contributed by atoms with Gasteiger partial charge in [-0.15, -0.1) is 0 Å². The number of fused-ring (bicyclic) bond motifs is 1. The molecular weight excluding hydrogens is 218 g/mol. The lowest BCUT2D eigenvalue weighted by molar-refractivity contribution is 1.32. The summed E-state index contributed by atoms with van der Waals surface area (Å²) >= 11 is 0. The van der Waals surface area contributed by atoms with Crippen LogP contribution in [-0.2, 0) is 0 Å². The third kappa shape index (κ3) is 1.91. The summed E-state index contributed by atoms with van der Waals surface area (Å²) in [6.45, 7) is 4.17. The van der Waals surface area contributed by atoms with Gasteiger partial charge in [0.15, 0.2) is 0 Å². The first kappa shape index (κ1) is 10.7. The van der Waals surface area contributed by atoms with Gasteiger partial charge in [0.2, 0.25) is 0 Å². The second-order valence-electron chi connectivity index (χ2n) is 4.28. The van der Waals surface area contributed by atoms with E-state index in [0.29, 0.717) is 0 Å². The molecule has 0 spiro atoms. The summed E-state index contributed by atoms with van der Waals surface area (Å²) in [5.41, 5.74) is 3.29. The molecule has 3 rings (SSSR count). The maximum absolute atomic E-state index is 4.17. The zero-order valence-electron chi connectivity index (χ0n) is 10.0. The van der Waals surface area contributed by atoms with E-state index in [0.717, 1.165) is 16.7 Å². The Morgan fingerprint density at radius 3 is 2.28 bits per heavy atom. The van der Waals surface area contributed by atoms with Crippen LogP contribution in [0, 0.1) is 0 Å². The summed E-state index contributed by atoms with van der Waals surface area (Å²) in [5, 5.41) is 2.49. The van der Waals surface area contributed by atoms with E-state index >= 15 is 0 Å². The molecule has 2 aromatic carbocycles. The molecule has 0 aliphatic carbocycles. The van der Waals surface area contributed by atoms with Crippen molar-refractivity contribution in [1.82, 2.24) is 4.98 Å². The van der Waals surface area contributed by atoms with E-state index in [-0.39, 0.29) is 0 Å². The number of hydrogen-bond acceptors (Lipinski definition) is 1. The van der Waals surface area contributed by atoms with Crippen molar-refractivity contribution in [3.8, 4) is 0 Å². The molecule has 1 aromatic heterocycles. The molecule has 0 unspecified atom stereocenters. The van der Waals surface area contributed by atoms with Gasteiger partial charge in [0.25, 0.3) is 0 Å². The molecule has 18 heavy (non-hydrogen) atoms. The zero-order chi connectivity index (χ0) is 12.4. The standard InChI is InChI=1S/C17H13N/c1-13(14-8-10-18-11-9-14)16-7-6-15-4-2-3-5-17(15)12-16/h2-12H,1H2. The summed E-state index contributed by atoms with van der Waals surface area (Å²) in [6.07, 6.45) is 3.59. The molecule has 0 aliphatic heterocycles. The van der Waals surface area contributed by atoms with Gasteiger partial charge in [0.05, 0.1) is 0 Å². The van der Waals surface area contributed by atoms with Crippen molar-refractivity contribution < 1.29 is 0 Å². The van der Waals surface area contributed by atoms with Crippen LogP contribution in [0.4, 0.5) is 0 Å². The predicted octanol–water partition coefficient (Wildman–Crippen LogP) is 4.30. The minimum absolute atomic E-state index is 1.03. The maximum Gasteiger partial charge on any atom is 0.0273 e. The van der Waals surface area contributed by atoms with Crippen LogP contribution in [0.3, 0.4) is 0 Å². The van der Waals surface area contributed by atoms with Crippen molar-refractivity contribution in [2.75, 3.05) is 0 Å². The Labute approximate surface area is 106 Å². The number of nitrogens with zero attached hydrogens (tertiary/aromatic N) is 1. The third-order valence-electron chi connectivity index (χ3n) is 3.13. The minimum Gasteiger partial charge on any atom is -0.265 e. The fourth-order valence-corrected chi connectivity index (χ4v) is 2.10. The van der Waals surface area contributed by atoms with Crippen LogP contribution in [-0.4, -0.2) is 4.98 Å². The number of aromatic nitrogens is 1. The van der Waals surface area contributed by atoms with E-state index in [1.54, 1.807) is 12.4 Å². The van der Waals surface area contributed by atoms with Crippen LogP contribution >= 0.6 is 0 Å². The zero-order valence-corrected chi connectivity index (χ0v) is 10.0. The van der Waals surface area contributed by atoms with Crippen LogP contribution in [0.15, 0.2) is 73.6 Å². The van der Waals surface area contributed by atoms with E-state index in [1.165, 1.54) is 10.8 Å². The number of benzene rings is 2. The van der Waals surface area contributed by atoms with Crippen molar-refractivity contribution in [1.29, 1.82) is 0 Å². The molecule has 3 aromatic rings. The molecule has 1 heteroatoms. The fourth-order valence-electron chi connectivity index (χ4n) is 2.10. The highest BCUT2D eigenvalue weighted by Gasteiger charge is 2.02. The normalized spacial score (nSPS) is 10.4. The lowest BCUT2D eigenvalue weighted by Gasteiger charge is -2.07. The van der Waals surface area contributed by atoms with Gasteiger partial charge in [-0.3, -0.25) is 4.98 Å². The van der Waals surface area contributed by atoms with Crippen LogP contribution in [0.5, 0.6) is 0 Å². The quantitative estimate of drug-likeness (QED) is 0.641. The van der Waals surface area contributed by atoms with Gasteiger partial charge in [-0.05, 0) is 45.7 Å². The van der Waals surface area contributed by atoms with Crippen LogP contribution in [0.1, 0.15) is 11.1 Å². The Hall–Kier alpha value is -2.41. The van der Waals surface area contributed by atoms with Gasteiger partial charge in [-0.1, -0.05) is 43.0 Å². The Bertz CT molecular complexity index is 699. The van der Waals surface area contributed by atoms with E-state index in [2.05, 4.69) is 54.0 Å². The van der Waals surface area contributed by atoms with Crippen molar-refractivity contribution in [2.24, 2.45) is 0 Å². The highest BCUT2D eigenvalue weighted by Crippen LogP contribution is 2.24. The molecule has 0 saturated carbocycles. The molecule has 0 aliphatic rings. The molecule has 0 saturated heterocycles. The number of hydrogen-bond donors (Lipinski definition) is 0. The smallest absolute Gasteiger partial charge is 0.0273 e. The number of pyridine rings is 1. The number of rotatable bonds is 2. The second-order valence-corrected chi connectivity index (χ2v) is 4.28. The van der Waals surface area contributed by atoms with Gasteiger partial charge >= 0.3 is 0 Å². The first-order valence-electron chi connectivity index (χ1n) is 5.93. The Balaban J connectivity index is 2.07. The Morgan fingerprint density at radius 1 is 0.778 bits per heavy atom. The molecule has 1 nitrogen and oxygen atoms in total. The average Bonchev–Trinajstić information content (AvgIpc) is 2.47. The molecule has 1 heterocycles. The molecular formula is C17H13N. The van der Waals surface area contributed by atoms with Crippen LogP contribution in [0.25, 0.3) is 16.3 Å². The van der Waals surface area contributed by atoms with E-state index in [1.807, 2.05) is 12.1 Å². The van der Waals surface area contributed by atoms with Gasteiger partial charge in [0.1, 0.15) is 0 Å². The average molecular weight is 231 g/mol. The summed E-state index contributed by atoms with van der Waals surface area (Å²) < 4.78 is 0. The van der Waals surface area contributed by atoms with Crippen molar-refractivity contribution in [3.63, 3.8) is 0 Å². The topological polar surface area (TPSA) is 12.9 Å². The van der Waals surface area contributed by atoms with Crippen LogP contribution in [0.2, 0.25) is 0 Å². The first-order chi connectivity index (χ1) is 8.84. The van der Waals surface area contributed by atoms with Crippen molar-refractivity contribution in [3.05, 3.63) is 84.7 Å². The Morgan fingerprint density at radius 2 is 1.50 bits per heavy atom.